The van der Waals surface area contributed by atoms with Crippen LogP contribution in [0.4, 0.5) is 26.3 Å². The van der Waals surface area contributed by atoms with Gasteiger partial charge in [0, 0.05) is 29.8 Å². The van der Waals surface area contributed by atoms with Crippen molar-refractivity contribution >= 4 is 5.91 Å². The number of carbonyl (C=O) groups excluding carboxylic acids is 1. The molecule has 0 spiro atoms. The first-order chi connectivity index (χ1) is 14.8. The van der Waals surface area contributed by atoms with Crippen molar-refractivity contribution in [2.24, 2.45) is 12.8 Å². The molecule has 1 aliphatic heterocycles. The van der Waals surface area contributed by atoms with Crippen molar-refractivity contribution < 1.29 is 35.9 Å². The minimum atomic E-state index is -4.87. The van der Waals surface area contributed by atoms with Crippen LogP contribution in [0.25, 0.3) is 11.4 Å². The van der Waals surface area contributed by atoms with Crippen LogP contribution in [0.15, 0.2) is 30.3 Å². The number of nitrogens with zero attached hydrogens (tertiary/aromatic N) is 3. The predicted molar refractivity (Wildman–Crippen MR) is 98.1 cm³/mol. The molecule has 0 aliphatic carbocycles. The highest BCUT2D eigenvalue weighted by Crippen LogP contribution is 2.52. The van der Waals surface area contributed by atoms with Crippen molar-refractivity contribution in [3.63, 3.8) is 0 Å². The van der Waals surface area contributed by atoms with Gasteiger partial charge in [-0.1, -0.05) is 0 Å². The second-order valence-electron chi connectivity index (χ2n) is 7.41. The van der Waals surface area contributed by atoms with E-state index < -0.39 is 57.9 Å². The minimum Gasteiger partial charge on any atom is -0.473 e. The number of primary amides is 1. The van der Waals surface area contributed by atoms with Gasteiger partial charge in [0.2, 0.25) is 11.5 Å². The quantitative estimate of drug-likeness (QED) is 0.599. The summed E-state index contributed by atoms with van der Waals surface area (Å²) in [6.45, 7) is 1.20. The second kappa shape index (κ2) is 6.97. The Morgan fingerprint density at radius 1 is 1.19 bits per heavy atom. The molecule has 32 heavy (non-hydrogen) atoms. The number of halogens is 6. The normalized spacial score (nSPS) is 20.2. The zero-order valence-electron chi connectivity index (χ0n) is 16.5. The van der Waals surface area contributed by atoms with Gasteiger partial charge in [-0.05, 0) is 31.2 Å². The Morgan fingerprint density at radius 2 is 1.88 bits per heavy atom. The molecule has 0 saturated heterocycles. The number of alkyl halides is 4. The Hall–Kier alpha value is -3.57. The molecule has 2 N–H and O–H groups in total. The molecule has 12 heteroatoms. The van der Waals surface area contributed by atoms with Gasteiger partial charge in [-0.3, -0.25) is 4.79 Å². The van der Waals surface area contributed by atoms with Crippen molar-refractivity contribution in [1.82, 2.24) is 14.8 Å². The maximum atomic E-state index is 15.2. The molecule has 6 nitrogen and oxygen atoms in total. The standard InChI is InChI=1S/C20H14F6N4O2/c1-19(15(23)11-6-9(21)7-13(22)14(11)32-19)18-29-28-17(30(18)2)10-4-3-8(16(27)31)5-12(10)20(24,25)26/h3-7,15H,1-2H3,(H2,27,31). The zero-order chi connectivity index (χ0) is 23.6. The van der Waals surface area contributed by atoms with Gasteiger partial charge in [0.05, 0.1) is 5.56 Å². The lowest BCUT2D eigenvalue weighted by Gasteiger charge is -2.25. The van der Waals surface area contributed by atoms with Crippen molar-refractivity contribution in [2.45, 2.75) is 24.9 Å². The van der Waals surface area contributed by atoms with Crippen LogP contribution in [0.5, 0.6) is 5.75 Å². The van der Waals surface area contributed by atoms with Crippen molar-refractivity contribution in [1.29, 1.82) is 0 Å². The third-order valence-corrected chi connectivity index (χ3v) is 5.28. The van der Waals surface area contributed by atoms with Gasteiger partial charge in [0.1, 0.15) is 5.82 Å². The lowest BCUT2D eigenvalue weighted by molar-refractivity contribution is -0.137. The van der Waals surface area contributed by atoms with E-state index in [1.807, 2.05) is 0 Å². The van der Waals surface area contributed by atoms with Crippen LogP contribution in [0.1, 0.15) is 40.4 Å². The highest BCUT2D eigenvalue weighted by Gasteiger charge is 2.52. The average Bonchev–Trinajstić information content (AvgIpc) is 3.20. The molecular formula is C20H14F6N4O2. The molecule has 168 valence electrons. The Kier molecular flexibility index (Phi) is 4.72. The van der Waals surface area contributed by atoms with E-state index >= 15 is 4.39 Å². The summed E-state index contributed by atoms with van der Waals surface area (Å²) in [5, 5.41) is 7.53. The van der Waals surface area contributed by atoms with E-state index in [4.69, 9.17) is 10.5 Å². The van der Waals surface area contributed by atoms with Crippen molar-refractivity contribution in [3.05, 3.63) is 64.5 Å². The van der Waals surface area contributed by atoms with E-state index in [-0.39, 0.29) is 17.2 Å². The van der Waals surface area contributed by atoms with E-state index in [0.717, 1.165) is 22.8 Å². The number of hydrogen-bond donors (Lipinski definition) is 1. The number of aromatic nitrogens is 3. The number of rotatable bonds is 3. The van der Waals surface area contributed by atoms with Crippen LogP contribution in [0.2, 0.25) is 0 Å². The van der Waals surface area contributed by atoms with Crippen LogP contribution >= 0.6 is 0 Å². The van der Waals surface area contributed by atoms with Crippen LogP contribution in [-0.4, -0.2) is 20.7 Å². The Labute approximate surface area is 176 Å². The molecule has 2 unspecified atom stereocenters. The van der Waals surface area contributed by atoms with E-state index in [1.165, 1.54) is 14.0 Å². The van der Waals surface area contributed by atoms with Crippen LogP contribution < -0.4 is 10.5 Å². The van der Waals surface area contributed by atoms with Gasteiger partial charge >= 0.3 is 6.18 Å². The molecular weight excluding hydrogens is 442 g/mol. The van der Waals surface area contributed by atoms with E-state index in [2.05, 4.69) is 10.2 Å². The fraction of sp³-hybridized carbons (Fsp3) is 0.250. The number of hydrogen-bond acceptors (Lipinski definition) is 4. The van der Waals surface area contributed by atoms with Crippen LogP contribution in [-0.2, 0) is 18.8 Å². The van der Waals surface area contributed by atoms with Crippen molar-refractivity contribution in [3.8, 4) is 17.1 Å². The molecule has 0 fully saturated rings. The molecule has 1 amide bonds. The van der Waals surface area contributed by atoms with Crippen LogP contribution in [0.3, 0.4) is 0 Å². The largest absolute Gasteiger partial charge is 0.473 e. The third-order valence-electron chi connectivity index (χ3n) is 5.28. The van der Waals surface area contributed by atoms with E-state index in [1.54, 1.807) is 0 Å². The molecule has 3 aromatic rings. The number of nitrogens with two attached hydrogens (primary N) is 1. The molecule has 2 aromatic carbocycles. The first-order valence-electron chi connectivity index (χ1n) is 9.08. The fourth-order valence-corrected chi connectivity index (χ4v) is 3.72. The average molecular weight is 456 g/mol. The van der Waals surface area contributed by atoms with E-state index in [0.29, 0.717) is 12.1 Å². The van der Waals surface area contributed by atoms with Crippen LogP contribution in [0, 0.1) is 11.6 Å². The lowest BCUT2D eigenvalue weighted by atomic mass is 9.95. The molecule has 0 radical (unpaired) electrons. The number of ether oxygens (including phenoxy) is 1. The lowest BCUT2D eigenvalue weighted by Crippen LogP contribution is -2.33. The molecule has 0 saturated carbocycles. The maximum Gasteiger partial charge on any atom is 0.417 e. The second-order valence-corrected chi connectivity index (χ2v) is 7.41. The van der Waals surface area contributed by atoms with Gasteiger partial charge in [0.25, 0.3) is 0 Å². The maximum absolute atomic E-state index is 15.2. The summed E-state index contributed by atoms with van der Waals surface area (Å²) in [5.74, 6) is -4.30. The monoisotopic (exact) mass is 456 g/mol. The fourth-order valence-electron chi connectivity index (χ4n) is 3.72. The van der Waals surface area contributed by atoms with Gasteiger partial charge in [-0.25, -0.2) is 13.2 Å². The summed E-state index contributed by atoms with van der Waals surface area (Å²) in [6, 6.07) is 3.95. The molecule has 0 bridgehead atoms. The Bertz CT molecular complexity index is 1260. The highest BCUT2D eigenvalue weighted by atomic mass is 19.4. The molecule has 1 aromatic heterocycles. The van der Waals surface area contributed by atoms with E-state index in [9.17, 15) is 26.7 Å². The number of amides is 1. The SMILES string of the molecule is Cn1c(-c2ccc(C(N)=O)cc2C(F)(F)F)nnc1C1(C)Oc2c(F)cc(F)cc2C1F. The minimum absolute atomic E-state index is 0.261. The Balaban J connectivity index is 1.84. The van der Waals surface area contributed by atoms with Gasteiger partial charge in [-0.2, -0.15) is 13.2 Å². The zero-order valence-corrected chi connectivity index (χ0v) is 16.5. The summed E-state index contributed by atoms with van der Waals surface area (Å²) in [5.41, 5.74) is 0.659. The van der Waals surface area contributed by atoms with Gasteiger partial charge < -0.3 is 15.0 Å². The molecule has 2 heterocycles. The Morgan fingerprint density at radius 3 is 2.50 bits per heavy atom. The molecule has 2 atom stereocenters. The topological polar surface area (TPSA) is 83.0 Å². The number of benzene rings is 2. The van der Waals surface area contributed by atoms with Gasteiger partial charge in [-0.15, -0.1) is 10.2 Å². The van der Waals surface area contributed by atoms with Crippen molar-refractivity contribution in [2.75, 3.05) is 0 Å². The van der Waals surface area contributed by atoms with Gasteiger partial charge in [0.15, 0.2) is 29.4 Å². The first-order valence-corrected chi connectivity index (χ1v) is 9.08. The molecule has 1 aliphatic rings. The summed E-state index contributed by atoms with van der Waals surface area (Å²) in [6.07, 6.45) is -6.96. The summed E-state index contributed by atoms with van der Waals surface area (Å²) < 4.78 is 90.3. The highest BCUT2D eigenvalue weighted by molar-refractivity contribution is 5.93. The molecule has 4 rings (SSSR count). The summed E-state index contributed by atoms with van der Waals surface area (Å²) in [4.78, 5) is 11.3. The summed E-state index contributed by atoms with van der Waals surface area (Å²) in [7, 11) is 1.27. The predicted octanol–water partition coefficient (Wildman–Crippen LogP) is 4.20. The number of fused-ring (bicyclic) bond motifs is 1. The first kappa shape index (κ1) is 21.7. The third kappa shape index (κ3) is 3.17. The number of carbonyl (C=O) groups is 1. The summed E-state index contributed by atoms with van der Waals surface area (Å²) >= 11 is 0. The smallest absolute Gasteiger partial charge is 0.417 e.